The molecule has 1 atom stereocenters. The first kappa shape index (κ1) is 25.5. The van der Waals surface area contributed by atoms with Gasteiger partial charge in [0.1, 0.15) is 0 Å². The van der Waals surface area contributed by atoms with E-state index in [-0.39, 0.29) is 5.41 Å². The number of hydrogen-bond acceptors (Lipinski definition) is 0. The van der Waals surface area contributed by atoms with Crippen LogP contribution in [0.3, 0.4) is 0 Å². The lowest BCUT2D eigenvalue weighted by atomic mass is 9.75. The normalized spacial score (nSPS) is 16.4. The number of benzene rings is 9. The molecule has 47 heavy (non-hydrogen) atoms. The second-order valence-corrected chi connectivity index (χ2v) is 13.7. The lowest BCUT2D eigenvalue weighted by Gasteiger charge is -2.27. The molecule has 11 rings (SSSR count). The van der Waals surface area contributed by atoms with Crippen LogP contribution in [-0.2, 0) is 18.3 Å². The van der Waals surface area contributed by atoms with E-state index in [1.165, 1.54) is 98.7 Å². The van der Waals surface area contributed by atoms with E-state index < -0.39 is 0 Å². The summed E-state index contributed by atoms with van der Waals surface area (Å²) in [7, 11) is 0. The minimum atomic E-state index is -0.0641. The number of rotatable bonds is 2. The average molecular weight is 595 g/mol. The Kier molecular flexibility index (Phi) is 4.97. The Morgan fingerprint density at radius 1 is 0.340 bits per heavy atom. The monoisotopic (exact) mass is 594 g/mol. The highest BCUT2D eigenvalue weighted by Crippen LogP contribution is 2.56. The van der Waals surface area contributed by atoms with Gasteiger partial charge >= 0.3 is 0 Å². The van der Waals surface area contributed by atoms with E-state index in [0.29, 0.717) is 0 Å². The second kappa shape index (κ2) is 9.18. The molecule has 0 heteroatoms. The largest absolute Gasteiger partial charge is 0.0619 e. The average Bonchev–Trinajstić information content (AvgIpc) is 3.65. The van der Waals surface area contributed by atoms with Crippen molar-refractivity contribution in [1.29, 1.82) is 0 Å². The highest BCUT2D eigenvalue weighted by atomic mass is 14.5. The summed E-state index contributed by atoms with van der Waals surface area (Å²) in [4.78, 5) is 0. The fourth-order valence-electron chi connectivity index (χ4n) is 9.31. The van der Waals surface area contributed by atoms with Crippen molar-refractivity contribution in [2.75, 3.05) is 0 Å². The van der Waals surface area contributed by atoms with E-state index in [4.69, 9.17) is 0 Å². The van der Waals surface area contributed by atoms with Crippen LogP contribution in [0.25, 0.3) is 76.5 Å². The van der Waals surface area contributed by atoms with Gasteiger partial charge in [-0.2, -0.15) is 0 Å². The minimum Gasteiger partial charge on any atom is -0.0619 e. The van der Waals surface area contributed by atoms with Gasteiger partial charge in [0.2, 0.25) is 0 Å². The first-order chi connectivity index (χ1) is 23.2. The van der Waals surface area contributed by atoms with Crippen LogP contribution < -0.4 is 0 Å². The van der Waals surface area contributed by atoms with Gasteiger partial charge in [-0.15, -0.1) is 0 Å². The Bertz CT molecular complexity index is 2720. The first-order valence-corrected chi connectivity index (χ1v) is 16.8. The van der Waals surface area contributed by atoms with Crippen LogP contribution in [-0.4, -0.2) is 0 Å². The van der Waals surface area contributed by atoms with Crippen molar-refractivity contribution in [3.05, 3.63) is 180 Å². The molecular formula is C47H30. The van der Waals surface area contributed by atoms with E-state index in [1.807, 2.05) is 0 Å². The summed E-state index contributed by atoms with van der Waals surface area (Å²) in [5.41, 5.74) is 13.9. The zero-order valence-corrected chi connectivity index (χ0v) is 25.9. The Hall–Kier alpha value is -5.72. The molecule has 9 aromatic carbocycles. The summed E-state index contributed by atoms with van der Waals surface area (Å²) in [5, 5.41) is 10.6. The van der Waals surface area contributed by atoms with Crippen LogP contribution >= 0.6 is 0 Å². The summed E-state index contributed by atoms with van der Waals surface area (Å²) >= 11 is 0. The molecule has 0 nitrogen and oxygen atoms in total. The molecule has 1 spiro atoms. The molecule has 0 saturated carbocycles. The predicted molar refractivity (Wildman–Crippen MR) is 199 cm³/mol. The fraction of sp³-hybridized carbons (Fsp3) is 0.0638. The van der Waals surface area contributed by atoms with Crippen LogP contribution in [0.15, 0.2) is 158 Å². The van der Waals surface area contributed by atoms with Crippen molar-refractivity contribution in [3.8, 4) is 33.4 Å². The Labute approximate surface area is 273 Å². The molecule has 1 unspecified atom stereocenters. The van der Waals surface area contributed by atoms with Gasteiger partial charge in [-0.3, -0.25) is 0 Å². The molecule has 0 radical (unpaired) electrons. The maximum atomic E-state index is 2.54. The van der Waals surface area contributed by atoms with Crippen LogP contribution in [0.2, 0.25) is 0 Å². The van der Waals surface area contributed by atoms with Gasteiger partial charge in [0.05, 0.1) is 0 Å². The highest BCUT2D eigenvalue weighted by molar-refractivity contribution is 6.25. The van der Waals surface area contributed by atoms with Crippen molar-refractivity contribution < 1.29 is 0 Å². The first-order valence-electron chi connectivity index (χ1n) is 16.8. The topological polar surface area (TPSA) is 0 Å². The molecular weight excluding hydrogens is 565 g/mol. The molecule has 0 saturated heterocycles. The zero-order chi connectivity index (χ0) is 30.7. The SMILES string of the molecule is c1ccc2c(c1)-c1ccc(-c3ccc4ccc5cccc6ccc3c4c56)cc1C21Cc2ccc(-c3cccc4ccccc34)cc2C1. The van der Waals surface area contributed by atoms with Crippen LogP contribution in [0.5, 0.6) is 0 Å². The summed E-state index contributed by atoms with van der Waals surface area (Å²) in [6.07, 6.45) is 2.05. The molecule has 0 amide bonds. The summed E-state index contributed by atoms with van der Waals surface area (Å²) in [6.45, 7) is 0. The number of fused-ring (bicyclic) bond motifs is 7. The molecule has 0 aliphatic heterocycles. The molecule has 0 heterocycles. The van der Waals surface area contributed by atoms with Gasteiger partial charge in [-0.05, 0) is 118 Å². The quantitative estimate of drug-likeness (QED) is 0.175. The maximum Gasteiger partial charge on any atom is 0.0296 e. The van der Waals surface area contributed by atoms with Crippen molar-refractivity contribution >= 4 is 43.1 Å². The van der Waals surface area contributed by atoms with Crippen LogP contribution in [0.4, 0.5) is 0 Å². The molecule has 2 aliphatic carbocycles. The highest BCUT2D eigenvalue weighted by Gasteiger charge is 2.47. The van der Waals surface area contributed by atoms with Gasteiger partial charge < -0.3 is 0 Å². The summed E-state index contributed by atoms with van der Waals surface area (Å²) < 4.78 is 0. The van der Waals surface area contributed by atoms with Gasteiger partial charge in [-0.25, -0.2) is 0 Å². The maximum absolute atomic E-state index is 2.54. The second-order valence-electron chi connectivity index (χ2n) is 13.7. The van der Waals surface area contributed by atoms with Crippen molar-refractivity contribution in [2.24, 2.45) is 0 Å². The van der Waals surface area contributed by atoms with Crippen LogP contribution in [0, 0.1) is 0 Å². The Morgan fingerprint density at radius 3 is 1.87 bits per heavy atom. The number of hydrogen-bond donors (Lipinski definition) is 0. The van der Waals surface area contributed by atoms with E-state index in [2.05, 4.69) is 158 Å². The summed E-state index contributed by atoms with van der Waals surface area (Å²) in [6, 6.07) is 59.7. The molecule has 9 aromatic rings. The van der Waals surface area contributed by atoms with E-state index in [0.717, 1.165) is 12.8 Å². The molecule has 218 valence electrons. The summed E-state index contributed by atoms with van der Waals surface area (Å²) in [5.74, 6) is 0. The van der Waals surface area contributed by atoms with Gasteiger partial charge in [0.15, 0.2) is 0 Å². The van der Waals surface area contributed by atoms with Crippen molar-refractivity contribution in [2.45, 2.75) is 18.3 Å². The van der Waals surface area contributed by atoms with Gasteiger partial charge in [0, 0.05) is 5.41 Å². The molecule has 0 N–H and O–H groups in total. The van der Waals surface area contributed by atoms with Crippen LogP contribution in [0.1, 0.15) is 22.3 Å². The fourth-order valence-corrected chi connectivity index (χ4v) is 9.31. The van der Waals surface area contributed by atoms with E-state index in [1.54, 1.807) is 0 Å². The zero-order valence-electron chi connectivity index (χ0n) is 25.9. The van der Waals surface area contributed by atoms with Gasteiger partial charge in [-0.1, -0.05) is 152 Å². The molecule has 0 fully saturated rings. The standard InChI is InChI=1S/C47H30/c1-2-11-37-29(7-1)8-6-13-38(37)33-17-18-35-27-47(28-36(35)25-33)43-14-4-3-12-40(43)41-23-21-34(26-44(41)47)39-22-19-32-16-15-30-9-5-10-31-20-24-42(39)46(32)45(30)31/h1-26H,27-28H2. The molecule has 0 aromatic heterocycles. The van der Waals surface area contributed by atoms with Gasteiger partial charge in [0.25, 0.3) is 0 Å². The lowest BCUT2D eigenvalue weighted by molar-refractivity contribution is 0.564. The predicted octanol–water partition coefficient (Wildman–Crippen LogP) is 12.1. The van der Waals surface area contributed by atoms with Crippen molar-refractivity contribution in [3.63, 3.8) is 0 Å². The smallest absolute Gasteiger partial charge is 0.0296 e. The Morgan fingerprint density at radius 2 is 0.936 bits per heavy atom. The minimum absolute atomic E-state index is 0.0641. The third kappa shape index (κ3) is 3.42. The third-order valence-electron chi connectivity index (χ3n) is 11.4. The van der Waals surface area contributed by atoms with E-state index in [9.17, 15) is 0 Å². The lowest BCUT2D eigenvalue weighted by Crippen LogP contribution is -2.25. The van der Waals surface area contributed by atoms with E-state index >= 15 is 0 Å². The van der Waals surface area contributed by atoms with Crippen molar-refractivity contribution in [1.82, 2.24) is 0 Å². The molecule has 2 aliphatic rings. The Balaban J connectivity index is 1.09. The third-order valence-corrected chi connectivity index (χ3v) is 11.4. The molecule has 0 bridgehead atoms.